The molecule has 2 aromatic rings. The van der Waals surface area contributed by atoms with Crippen molar-refractivity contribution in [2.24, 2.45) is 5.73 Å². The summed E-state index contributed by atoms with van der Waals surface area (Å²) in [5.41, 5.74) is 8.09. The van der Waals surface area contributed by atoms with E-state index >= 15 is 0 Å². The molecule has 0 aliphatic carbocycles. The van der Waals surface area contributed by atoms with Crippen molar-refractivity contribution in [1.82, 2.24) is 0 Å². The van der Waals surface area contributed by atoms with Crippen molar-refractivity contribution < 1.29 is 4.74 Å². The van der Waals surface area contributed by atoms with Crippen molar-refractivity contribution >= 4 is 0 Å². The Morgan fingerprint density at radius 1 is 0.895 bits per heavy atom. The molecule has 0 saturated heterocycles. The SMILES string of the molecule is CC(C)c1ccc(Oc2ccc(CCN)cc2)cc1. The van der Waals surface area contributed by atoms with E-state index in [4.69, 9.17) is 10.5 Å². The van der Waals surface area contributed by atoms with Crippen LogP contribution in [0.3, 0.4) is 0 Å². The first-order chi connectivity index (χ1) is 9.19. The van der Waals surface area contributed by atoms with Crippen LogP contribution in [0.2, 0.25) is 0 Å². The van der Waals surface area contributed by atoms with E-state index in [0.717, 1.165) is 17.9 Å². The molecule has 2 heteroatoms. The van der Waals surface area contributed by atoms with Gasteiger partial charge in [-0.1, -0.05) is 38.1 Å². The molecule has 19 heavy (non-hydrogen) atoms. The summed E-state index contributed by atoms with van der Waals surface area (Å²) in [6.45, 7) is 5.05. The highest BCUT2D eigenvalue weighted by Crippen LogP contribution is 2.24. The van der Waals surface area contributed by atoms with Crippen LogP contribution in [-0.2, 0) is 6.42 Å². The summed E-state index contributed by atoms with van der Waals surface area (Å²) in [4.78, 5) is 0. The summed E-state index contributed by atoms with van der Waals surface area (Å²) in [6.07, 6.45) is 0.906. The Morgan fingerprint density at radius 3 is 1.89 bits per heavy atom. The second-order valence-electron chi connectivity index (χ2n) is 5.01. The standard InChI is InChI=1S/C17H21NO/c1-13(2)15-5-9-17(10-6-15)19-16-7-3-14(4-8-16)11-12-18/h3-10,13H,11-12,18H2,1-2H3. The minimum Gasteiger partial charge on any atom is -0.457 e. The van der Waals surface area contributed by atoms with Crippen LogP contribution in [-0.4, -0.2) is 6.54 Å². The molecule has 0 atom stereocenters. The van der Waals surface area contributed by atoms with Crippen LogP contribution in [0.4, 0.5) is 0 Å². The zero-order chi connectivity index (χ0) is 13.7. The zero-order valence-corrected chi connectivity index (χ0v) is 11.6. The van der Waals surface area contributed by atoms with Gasteiger partial charge in [-0.25, -0.2) is 0 Å². The number of hydrogen-bond donors (Lipinski definition) is 1. The largest absolute Gasteiger partial charge is 0.457 e. The van der Waals surface area contributed by atoms with Gasteiger partial charge in [-0.15, -0.1) is 0 Å². The fourth-order valence-corrected chi connectivity index (χ4v) is 1.95. The molecule has 0 unspecified atom stereocenters. The van der Waals surface area contributed by atoms with Gasteiger partial charge < -0.3 is 10.5 Å². The molecule has 0 aliphatic heterocycles. The molecule has 2 nitrogen and oxygen atoms in total. The molecule has 0 bridgehead atoms. The van der Waals surface area contributed by atoms with Crippen LogP contribution < -0.4 is 10.5 Å². The van der Waals surface area contributed by atoms with E-state index in [1.807, 2.05) is 24.3 Å². The molecule has 2 rings (SSSR count). The van der Waals surface area contributed by atoms with Crippen molar-refractivity contribution in [1.29, 1.82) is 0 Å². The molecule has 0 heterocycles. The fraction of sp³-hybridized carbons (Fsp3) is 0.294. The second-order valence-corrected chi connectivity index (χ2v) is 5.01. The number of ether oxygens (including phenoxy) is 1. The number of rotatable bonds is 5. The van der Waals surface area contributed by atoms with Crippen molar-refractivity contribution in [2.75, 3.05) is 6.54 Å². The lowest BCUT2D eigenvalue weighted by Gasteiger charge is -2.09. The van der Waals surface area contributed by atoms with Crippen molar-refractivity contribution in [2.45, 2.75) is 26.2 Å². The molecule has 0 fully saturated rings. The van der Waals surface area contributed by atoms with Crippen LogP contribution in [0, 0.1) is 0 Å². The van der Waals surface area contributed by atoms with Gasteiger partial charge in [0, 0.05) is 0 Å². The highest BCUT2D eigenvalue weighted by atomic mass is 16.5. The van der Waals surface area contributed by atoms with E-state index in [2.05, 4.69) is 38.1 Å². The minimum atomic E-state index is 0.546. The Morgan fingerprint density at radius 2 is 1.42 bits per heavy atom. The van der Waals surface area contributed by atoms with Crippen LogP contribution in [0.1, 0.15) is 30.9 Å². The van der Waals surface area contributed by atoms with Crippen molar-refractivity contribution in [3.63, 3.8) is 0 Å². The molecule has 0 spiro atoms. The third-order valence-electron chi connectivity index (χ3n) is 3.14. The number of hydrogen-bond acceptors (Lipinski definition) is 2. The first kappa shape index (κ1) is 13.6. The molecule has 0 aromatic heterocycles. The van der Waals surface area contributed by atoms with Gasteiger partial charge in [0.15, 0.2) is 0 Å². The molecule has 2 aromatic carbocycles. The second kappa shape index (κ2) is 6.39. The average Bonchev–Trinajstić information content (AvgIpc) is 2.42. The van der Waals surface area contributed by atoms with Crippen LogP contribution in [0.25, 0.3) is 0 Å². The predicted molar refractivity (Wildman–Crippen MR) is 79.8 cm³/mol. The van der Waals surface area contributed by atoms with Gasteiger partial charge in [0.2, 0.25) is 0 Å². The lowest BCUT2D eigenvalue weighted by molar-refractivity contribution is 0.482. The maximum Gasteiger partial charge on any atom is 0.127 e. The van der Waals surface area contributed by atoms with Crippen molar-refractivity contribution in [3.8, 4) is 11.5 Å². The fourth-order valence-electron chi connectivity index (χ4n) is 1.95. The molecule has 0 amide bonds. The summed E-state index contributed by atoms with van der Waals surface area (Å²) < 4.78 is 5.81. The van der Waals surface area contributed by atoms with E-state index in [9.17, 15) is 0 Å². The van der Waals surface area contributed by atoms with Gasteiger partial charge in [-0.2, -0.15) is 0 Å². The van der Waals surface area contributed by atoms with E-state index in [1.165, 1.54) is 11.1 Å². The first-order valence-electron chi connectivity index (χ1n) is 6.76. The van der Waals surface area contributed by atoms with Crippen molar-refractivity contribution in [3.05, 3.63) is 59.7 Å². The summed E-state index contributed by atoms with van der Waals surface area (Å²) in [7, 11) is 0. The van der Waals surface area contributed by atoms with Gasteiger partial charge in [0.05, 0.1) is 0 Å². The predicted octanol–water partition coefficient (Wildman–Crippen LogP) is 4.10. The zero-order valence-electron chi connectivity index (χ0n) is 11.6. The smallest absolute Gasteiger partial charge is 0.127 e. The third kappa shape index (κ3) is 3.83. The number of benzene rings is 2. The molecule has 0 radical (unpaired) electrons. The summed E-state index contributed by atoms with van der Waals surface area (Å²) in [5, 5.41) is 0. The molecular formula is C17H21NO. The third-order valence-corrected chi connectivity index (χ3v) is 3.14. The summed E-state index contributed by atoms with van der Waals surface area (Å²) in [6, 6.07) is 16.4. The monoisotopic (exact) mass is 255 g/mol. The van der Waals surface area contributed by atoms with E-state index < -0.39 is 0 Å². The van der Waals surface area contributed by atoms with E-state index in [-0.39, 0.29) is 0 Å². The van der Waals surface area contributed by atoms with Gasteiger partial charge in [0.25, 0.3) is 0 Å². The van der Waals surface area contributed by atoms with Gasteiger partial charge in [-0.3, -0.25) is 0 Å². The minimum absolute atomic E-state index is 0.546. The topological polar surface area (TPSA) is 35.2 Å². The Kier molecular flexibility index (Phi) is 4.58. The van der Waals surface area contributed by atoms with E-state index in [1.54, 1.807) is 0 Å². The Hall–Kier alpha value is -1.80. The average molecular weight is 255 g/mol. The Labute approximate surface area is 115 Å². The maximum absolute atomic E-state index is 5.81. The number of nitrogens with two attached hydrogens (primary N) is 1. The summed E-state index contributed by atoms with van der Waals surface area (Å²) in [5.74, 6) is 2.28. The van der Waals surface area contributed by atoms with Gasteiger partial charge >= 0.3 is 0 Å². The summed E-state index contributed by atoms with van der Waals surface area (Å²) >= 11 is 0. The first-order valence-corrected chi connectivity index (χ1v) is 6.76. The molecule has 0 saturated carbocycles. The van der Waals surface area contributed by atoms with Crippen LogP contribution >= 0.6 is 0 Å². The normalized spacial score (nSPS) is 10.7. The van der Waals surface area contributed by atoms with Gasteiger partial charge in [0.1, 0.15) is 11.5 Å². The highest BCUT2D eigenvalue weighted by Gasteiger charge is 2.01. The van der Waals surface area contributed by atoms with Crippen LogP contribution in [0.15, 0.2) is 48.5 Å². The van der Waals surface area contributed by atoms with E-state index in [0.29, 0.717) is 12.5 Å². The molecule has 100 valence electrons. The lowest BCUT2D eigenvalue weighted by Crippen LogP contribution is -2.02. The molecule has 0 aliphatic rings. The quantitative estimate of drug-likeness (QED) is 0.872. The molecular weight excluding hydrogens is 234 g/mol. The maximum atomic E-state index is 5.81. The lowest BCUT2D eigenvalue weighted by atomic mass is 10.0. The Balaban J connectivity index is 2.04. The Bertz CT molecular complexity index is 500. The molecule has 2 N–H and O–H groups in total. The highest BCUT2D eigenvalue weighted by molar-refractivity contribution is 5.35. The van der Waals surface area contributed by atoms with Crippen LogP contribution in [0.5, 0.6) is 11.5 Å². The van der Waals surface area contributed by atoms with Gasteiger partial charge in [-0.05, 0) is 54.3 Å².